The number of nitrogens with zero attached hydrogens (tertiary/aromatic N) is 6. The topological polar surface area (TPSA) is 79.2 Å². The van der Waals surface area contributed by atoms with Gasteiger partial charge in [0.05, 0.1) is 18.1 Å². The van der Waals surface area contributed by atoms with E-state index in [1.807, 2.05) is 23.0 Å². The molecule has 1 aliphatic heterocycles. The molecule has 0 radical (unpaired) electrons. The second kappa shape index (κ2) is 11.0. The van der Waals surface area contributed by atoms with Gasteiger partial charge in [-0.25, -0.2) is 19.0 Å². The third kappa shape index (κ3) is 5.71. The lowest BCUT2D eigenvalue weighted by molar-refractivity contribution is -0.121. The molecule has 0 unspecified atom stereocenters. The Labute approximate surface area is 205 Å². The van der Waals surface area contributed by atoms with E-state index >= 15 is 0 Å². The van der Waals surface area contributed by atoms with E-state index in [4.69, 9.17) is 0 Å². The fraction of sp³-hybridized carbons (Fsp3) is 0.538. The fourth-order valence-electron chi connectivity index (χ4n) is 5.33. The first-order valence-electron chi connectivity index (χ1n) is 12.9. The zero-order valence-corrected chi connectivity index (χ0v) is 20.2. The van der Waals surface area contributed by atoms with Crippen LogP contribution in [0.1, 0.15) is 44.9 Å². The van der Waals surface area contributed by atoms with Crippen LogP contribution in [0.2, 0.25) is 0 Å². The Morgan fingerprint density at radius 1 is 1.00 bits per heavy atom. The van der Waals surface area contributed by atoms with Gasteiger partial charge in [-0.05, 0) is 36.6 Å². The molecule has 1 amide bonds. The van der Waals surface area contributed by atoms with Crippen molar-refractivity contribution in [2.24, 2.45) is 5.92 Å². The van der Waals surface area contributed by atoms with Crippen molar-refractivity contribution >= 4 is 28.4 Å². The molecule has 2 fully saturated rings. The molecular weight excluding hydrogens is 445 g/mol. The minimum Gasteiger partial charge on any atom is -0.368 e. The van der Waals surface area contributed by atoms with E-state index < -0.39 is 0 Å². The summed E-state index contributed by atoms with van der Waals surface area (Å²) in [5, 5.41) is 8.50. The number of carbonyl (C=O) groups is 1. The first-order chi connectivity index (χ1) is 17.2. The highest BCUT2D eigenvalue weighted by molar-refractivity contribution is 5.86. The Morgan fingerprint density at radius 3 is 2.51 bits per heavy atom. The van der Waals surface area contributed by atoms with E-state index in [-0.39, 0.29) is 11.7 Å². The van der Waals surface area contributed by atoms with Crippen LogP contribution in [0.25, 0.3) is 11.0 Å². The number of nitrogens with one attached hydrogen (secondary N) is 1. The first-order valence-corrected chi connectivity index (χ1v) is 12.9. The maximum absolute atomic E-state index is 13.2. The normalized spacial score (nSPS) is 17.2. The number of rotatable bonds is 8. The van der Waals surface area contributed by atoms with Gasteiger partial charge in [0.25, 0.3) is 0 Å². The zero-order valence-electron chi connectivity index (χ0n) is 20.2. The lowest BCUT2D eigenvalue weighted by atomic mass is 9.86. The van der Waals surface area contributed by atoms with Crippen LogP contribution in [-0.4, -0.2) is 58.4 Å². The van der Waals surface area contributed by atoms with Crippen molar-refractivity contribution in [1.82, 2.24) is 25.1 Å². The Hall–Kier alpha value is -3.23. The number of piperazine rings is 1. The quantitative estimate of drug-likeness (QED) is 0.530. The molecule has 2 aliphatic rings. The molecule has 1 saturated carbocycles. The lowest BCUT2D eigenvalue weighted by Gasteiger charge is -2.36. The number of amides is 1. The summed E-state index contributed by atoms with van der Waals surface area (Å²) in [7, 11) is 0. The molecule has 0 bridgehead atoms. The molecule has 5 rings (SSSR count). The van der Waals surface area contributed by atoms with Crippen molar-refractivity contribution in [3.8, 4) is 0 Å². The molecule has 1 N–H and O–H groups in total. The number of anilines is 2. The molecule has 3 heterocycles. The molecular formula is C26H34FN7O. The number of benzene rings is 1. The summed E-state index contributed by atoms with van der Waals surface area (Å²) < 4.78 is 15.1. The van der Waals surface area contributed by atoms with E-state index in [0.29, 0.717) is 19.5 Å². The van der Waals surface area contributed by atoms with Crippen LogP contribution in [0.15, 0.2) is 36.8 Å². The van der Waals surface area contributed by atoms with Crippen LogP contribution in [0.3, 0.4) is 0 Å². The summed E-state index contributed by atoms with van der Waals surface area (Å²) in [5.74, 6) is 1.52. The summed E-state index contributed by atoms with van der Waals surface area (Å²) in [4.78, 5) is 25.8. The SMILES string of the molecule is O=C(CCC1CCCCC1)NCCn1ncc2c(N3CCN(c4ccc(F)cc4)CC3)ncnc21. The van der Waals surface area contributed by atoms with Crippen molar-refractivity contribution in [3.63, 3.8) is 0 Å². The highest BCUT2D eigenvalue weighted by Crippen LogP contribution is 2.27. The molecule has 9 heteroatoms. The smallest absolute Gasteiger partial charge is 0.220 e. The third-order valence-corrected chi connectivity index (χ3v) is 7.33. The second-order valence-corrected chi connectivity index (χ2v) is 9.65. The van der Waals surface area contributed by atoms with Crippen molar-refractivity contribution in [1.29, 1.82) is 0 Å². The lowest BCUT2D eigenvalue weighted by Crippen LogP contribution is -2.46. The van der Waals surface area contributed by atoms with Crippen molar-refractivity contribution < 1.29 is 9.18 Å². The molecule has 1 aliphatic carbocycles. The summed E-state index contributed by atoms with van der Waals surface area (Å²) in [6.07, 6.45) is 11.5. The maximum atomic E-state index is 13.2. The van der Waals surface area contributed by atoms with E-state index in [1.54, 1.807) is 6.33 Å². The zero-order chi connectivity index (χ0) is 24.0. The standard InChI is InChI=1S/C26H34FN7O/c27-21-7-9-22(10-8-21)32-14-16-33(17-15-32)25-23-18-31-34(26(23)30-19-29-25)13-12-28-24(35)11-6-20-4-2-1-3-5-20/h7-10,18-20H,1-6,11-17H2,(H,28,35). The van der Waals surface area contributed by atoms with Gasteiger partial charge in [-0.1, -0.05) is 32.1 Å². The third-order valence-electron chi connectivity index (χ3n) is 7.33. The molecule has 0 atom stereocenters. The van der Waals surface area contributed by atoms with Gasteiger partial charge in [-0.3, -0.25) is 4.79 Å². The van der Waals surface area contributed by atoms with Gasteiger partial charge >= 0.3 is 0 Å². The van der Waals surface area contributed by atoms with Gasteiger partial charge in [0.15, 0.2) is 5.65 Å². The Morgan fingerprint density at radius 2 is 1.74 bits per heavy atom. The summed E-state index contributed by atoms with van der Waals surface area (Å²) in [6.45, 7) is 4.40. The van der Waals surface area contributed by atoms with Crippen LogP contribution in [-0.2, 0) is 11.3 Å². The van der Waals surface area contributed by atoms with E-state index in [0.717, 1.165) is 61.1 Å². The van der Waals surface area contributed by atoms with Crippen LogP contribution in [0.4, 0.5) is 15.9 Å². The van der Waals surface area contributed by atoms with Gasteiger partial charge in [0.1, 0.15) is 18.0 Å². The second-order valence-electron chi connectivity index (χ2n) is 9.65. The van der Waals surface area contributed by atoms with Gasteiger partial charge in [-0.2, -0.15) is 5.10 Å². The van der Waals surface area contributed by atoms with E-state index in [1.165, 1.54) is 44.2 Å². The average Bonchev–Trinajstić information content (AvgIpc) is 3.32. The maximum Gasteiger partial charge on any atom is 0.220 e. The molecule has 1 saturated heterocycles. The summed E-state index contributed by atoms with van der Waals surface area (Å²) in [6, 6.07) is 6.66. The molecule has 3 aromatic rings. The minimum absolute atomic E-state index is 0.126. The van der Waals surface area contributed by atoms with Crippen molar-refractivity contribution in [3.05, 3.63) is 42.6 Å². The van der Waals surface area contributed by atoms with E-state index in [9.17, 15) is 9.18 Å². The average molecular weight is 480 g/mol. The van der Waals surface area contributed by atoms with Gasteiger partial charge in [0, 0.05) is 44.8 Å². The Kier molecular flexibility index (Phi) is 7.39. The van der Waals surface area contributed by atoms with Gasteiger partial charge in [-0.15, -0.1) is 0 Å². The Bertz CT molecular complexity index is 1120. The highest BCUT2D eigenvalue weighted by Gasteiger charge is 2.22. The monoisotopic (exact) mass is 479 g/mol. The van der Waals surface area contributed by atoms with Crippen LogP contribution >= 0.6 is 0 Å². The van der Waals surface area contributed by atoms with Gasteiger partial charge in [0.2, 0.25) is 5.91 Å². The molecule has 2 aromatic heterocycles. The molecule has 0 spiro atoms. The first kappa shape index (κ1) is 23.5. The predicted octanol–water partition coefficient (Wildman–Crippen LogP) is 3.77. The summed E-state index contributed by atoms with van der Waals surface area (Å²) in [5.41, 5.74) is 1.82. The largest absolute Gasteiger partial charge is 0.368 e. The van der Waals surface area contributed by atoms with Crippen molar-refractivity contribution in [2.75, 3.05) is 42.5 Å². The molecule has 35 heavy (non-hydrogen) atoms. The minimum atomic E-state index is -0.216. The predicted molar refractivity (Wildman–Crippen MR) is 135 cm³/mol. The summed E-state index contributed by atoms with van der Waals surface area (Å²) >= 11 is 0. The number of hydrogen-bond donors (Lipinski definition) is 1. The van der Waals surface area contributed by atoms with Crippen LogP contribution < -0.4 is 15.1 Å². The number of aromatic nitrogens is 4. The van der Waals surface area contributed by atoms with Crippen LogP contribution in [0.5, 0.6) is 0 Å². The number of halogens is 1. The van der Waals surface area contributed by atoms with E-state index in [2.05, 4.69) is 30.2 Å². The number of fused-ring (bicyclic) bond motifs is 1. The highest BCUT2D eigenvalue weighted by atomic mass is 19.1. The number of carbonyl (C=O) groups excluding carboxylic acids is 1. The molecule has 186 valence electrons. The molecule has 1 aromatic carbocycles. The Balaban J connectivity index is 1.14. The molecule has 8 nitrogen and oxygen atoms in total. The fourth-order valence-corrected chi connectivity index (χ4v) is 5.33. The van der Waals surface area contributed by atoms with Gasteiger partial charge < -0.3 is 15.1 Å². The van der Waals surface area contributed by atoms with Crippen LogP contribution in [0, 0.1) is 11.7 Å². The van der Waals surface area contributed by atoms with Crippen molar-refractivity contribution in [2.45, 2.75) is 51.5 Å². The number of hydrogen-bond acceptors (Lipinski definition) is 6.